The molecule has 0 spiro atoms. The van der Waals surface area contributed by atoms with E-state index < -0.39 is 256 Å². The summed E-state index contributed by atoms with van der Waals surface area (Å²) in [7, 11) is 6.07. The van der Waals surface area contributed by atoms with Crippen LogP contribution < -0.4 is 0 Å². The van der Waals surface area contributed by atoms with Crippen molar-refractivity contribution in [3.05, 3.63) is 0 Å². The lowest BCUT2D eigenvalue weighted by Gasteiger charge is -2.49. The molecule has 6 fully saturated rings. The molecule has 6 aliphatic rings. The quantitative estimate of drug-likeness (QED) is 0.0128. The Labute approximate surface area is 786 Å². The summed E-state index contributed by atoms with van der Waals surface area (Å²) >= 11 is 0. The molecular weight excluding hydrogens is 1750 g/mol. The highest BCUT2D eigenvalue weighted by atomic mass is 32.3. The van der Waals surface area contributed by atoms with E-state index in [-0.39, 0.29) is 83.1 Å². The first-order valence-corrected chi connectivity index (χ1v) is 49.5. The molecule has 772 valence electrons. The average Bonchev–Trinajstić information content (AvgIpc) is 0.769. The fourth-order valence-corrected chi connectivity index (χ4v) is 20.0. The Morgan fingerprint density at radius 3 is 1.13 bits per heavy atom. The summed E-state index contributed by atoms with van der Waals surface area (Å²) in [5.41, 5.74) is -9.98. The predicted octanol–water partition coefficient (Wildman–Crippen LogP) is 9.15. The van der Waals surface area contributed by atoms with Gasteiger partial charge in [-0.3, -0.25) is 38.1 Å². The van der Waals surface area contributed by atoms with Gasteiger partial charge in [0.2, 0.25) is 0 Å². The van der Waals surface area contributed by atoms with Gasteiger partial charge in [-0.25, -0.2) is 4.18 Å². The Balaban J connectivity index is 0.000000470. The first-order valence-electron chi connectivity index (χ1n) is 48.1. The Morgan fingerprint density at radius 1 is 0.455 bits per heavy atom. The van der Waals surface area contributed by atoms with Crippen LogP contribution in [-0.2, 0) is 119 Å². The number of rotatable bonds is 33. The number of carbonyl (C=O) groups is 7. The minimum atomic E-state index is -4.23. The molecule has 6 heterocycles. The van der Waals surface area contributed by atoms with E-state index in [1.807, 2.05) is 51.8 Å². The van der Waals surface area contributed by atoms with Crippen molar-refractivity contribution in [1.82, 2.24) is 9.80 Å². The number of ether oxygens (including phenoxy) is 15. The van der Waals surface area contributed by atoms with Crippen molar-refractivity contribution < 1.29 is 163 Å². The van der Waals surface area contributed by atoms with Crippen LogP contribution in [0.25, 0.3) is 0 Å². The van der Waals surface area contributed by atoms with Crippen molar-refractivity contribution in [1.29, 1.82) is 0 Å². The molecule has 0 aliphatic carbocycles. The first-order chi connectivity index (χ1) is 61.2. The lowest BCUT2D eigenvalue weighted by atomic mass is 9.74. The van der Waals surface area contributed by atoms with Crippen LogP contribution >= 0.6 is 0 Å². The van der Waals surface area contributed by atoms with E-state index in [4.69, 9.17) is 75.6 Å². The lowest BCUT2D eigenvalue weighted by molar-refractivity contribution is -0.319. The summed E-state index contributed by atoms with van der Waals surface area (Å²) in [5, 5.41) is 93.4. The monoisotopic (exact) mass is 1920 g/mol. The van der Waals surface area contributed by atoms with Gasteiger partial charge in [-0.1, -0.05) is 127 Å². The van der Waals surface area contributed by atoms with Gasteiger partial charge < -0.3 is 122 Å². The predicted molar refractivity (Wildman–Crippen MR) is 486 cm³/mol. The maximum atomic E-state index is 14.3. The molecule has 0 bridgehead atoms. The minimum absolute atomic E-state index is 0.0431. The van der Waals surface area contributed by atoms with E-state index in [1.54, 1.807) is 96.9 Å². The Morgan fingerprint density at radius 2 is 0.803 bits per heavy atom. The smallest absolute Gasteiger partial charge is 0.397 e. The Hall–Kier alpha value is -4.24. The molecule has 0 aromatic heterocycles. The molecule has 6 aliphatic heterocycles. The number of aliphatic hydroxyl groups is 8. The van der Waals surface area contributed by atoms with Crippen LogP contribution in [0.2, 0.25) is 0 Å². The van der Waals surface area contributed by atoms with Crippen molar-refractivity contribution in [3.63, 3.8) is 0 Å². The SMILES string of the molecule is CCC(=O)O[C@H]1[C@H](O[C@@H]2[C@@H](C)[C@H](O[C@H]3C[C@@](C)(OC)[C@@H](O)[C@H](C)O3)[C@@H](C)C(=O)O[C@H](CC)[C@@](C)(O)[C@H](O)[C@@H](C)C(=O)[C@H](C)C[C@@]2(C)O)O[C@H](C)C[C@@H]1N(C)C.CCCCCCCCCCCCOS(=O)(=O)O.CCOC(=O)CCC(=O)O[C@H]1[C@H](O[C@@H]2[C@@H](C)[C@H](O[C@H]3C[C@@](C)(OC)[C@@H](O)[C@H](C)O3)[C@@H](C)C(=O)O[C@H](CC)[C@@](C)(O)[C@H](O)[C@@H](C)C(=O)[C@H](C)C[C@@]2(C)O)O[C@H](C)C[C@@H]1N(C)C. The first kappa shape index (κ1) is 120. The lowest BCUT2D eigenvalue weighted by Crippen LogP contribution is -2.61. The molecule has 36 atom stereocenters. The van der Waals surface area contributed by atoms with E-state index in [9.17, 15) is 82.8 Å². The van der Waals surface area contributed by atoms with Crippen molar-refractivity contribution in [2.45, 2.75) is 463 Å². The number of hydrogen-bond acceptors (Lipinski definition) is 35. The van der Waals surface area contributed by atoms with Crippen LogP contribution in [0.4, 0.5) is 0 Å². The number of nitrogens with zero attached hydrogens (tertiary/aromatic N) is 2. The van der Waals surface area contributed by atoms with Gasteiger partial charge in [0, 0.05) is 69.0 Å². The minimum Gasteiger partial charge on any atom is -0.466 e. The zero-order chi connectivity index (χ0) is 101. The fraction of sp³-hybridized carbons (Fsp3) is 0.926. The van der Waals surface area contributed by atoms with Crippen molar-refractivity contribution in [2.24, 2.45) is 47.3 Å². The molecule has 37 heteroatoms. The maximum Gasteiger partial charge on any atom is 0.397 e. The molecule has 0 aromatic rings. The number of unbranched alkanes of at least 4 members (excludes halogenated alkanes) is 9. The molecule has 36 nitrogen and oxygen atoms in total. The van der Waals surface area contributed by atoms with Gasteiger partial charge in [0.25, 0.3) is 0 Å². The molecule has 9 N–H and O–H groups in total. The number of ketones is 2. The molecule has 0 unspecified atom stereocenters. The second-order valence-electron chi connectivity index (χ2n) is 40.0. The highest BCUT2D eigenvalue weighted by Gasteiger charge is 2.58. The van der Waals surface area contributed by atoms with Gasteiger partial charge in [-0.05, 0) is 163 Å². The summed E-state index contributed by atoms with van der Waals surface area (Å²) in [6, 6.07) is -0.761. The molecule has 0 saturated carbocycles. The van der Waals surface area contributed by atoms with Crippen LogP contribution in [0.1, 0.15) is 294 Å². The van der Waals surface area contributed by atoms with E-state index >= 15 is 0 Å². The van der Waals surface area contributed by atoms with E-state index in [0.717, 1.165) is 12.8 Å². The van der Waals surface area contributed by atoms with Crippen molar-refractivity contribution in [3.8, 4) is 0 Å². The van der Waals surface area contributed by atoms with E-state index in [1.165, 1.54) is 101 Å². The van der Waals surface area contributed by atoms with Gasteiger partial charge in [0.15, 0.2) is 37.4 Å². The standard InChI is InChI=1S/C43H75NO16.C40H71NO14.C12H26O4S/c1-15-29-43(11,52)36(48)24(5)33(47)22(3)20-41(9,51)38(25(6)34(26(7)39(50)57-29)59-32-21-42(10,53-14)37(49)27(8)56-32)60-40-35(28(44(12)13)19-23(4)55-40)58-31(46)18-17-30(45)54-16-2;1-15-27-40(11,48)33(44)22(5)30(43)20(3)18-38(9,47)35(55-37-32(53-28(42)16-2)26(41(12)13)17-21(4)50-37)23(6)31(24(7)36(46)52-27)54-29-19-39(10,49-14)34(45)25(8)51-29;1-2-3-4-5-6-7-8-9-10-11-12-16-17(13,14)15/h22-29,32,34-38,40,48-49,51-52H,15-21H2,1-14H3;20-27,29,31-35,37,44-45,47-48H,15-19H2,1-14H3;2-12H2,1H3,(H,13,14,15)/t22-,23-,24+,25+,26-,27+,28+,29-,32+,34+,35-,36-,37+,38-,40+,41-,42-,43-;20-,21-,22+,23+,24-,25+,26+,27-,29+,31+,32-,33-,34+,35-,37+,38-,39-,40-;/m11./s1. The number of cyclic esters (lactones) is 2. The average molecular weight is 1920 g/mol. The Kier molecular flexibility index (Phi) is 48.6. The number of likely N-dealkylation sites (N-methyl/N-ethyl adjacent to an activating group) is 2. The number of carbonyl (C=O) groups excluding carboxylic acids is 7. The number of methoxy groups -OCH3 is 2. The van der Waals surface area contributed by atoms with Gasteiger partial charge in [-0.2, -0.15) is 8.42 Å². The summed E-state index contributed by atoms with van der Waals surface area (Å²) in [4.78, 5) is 98.5. The van der Waals surface area contributed by atoms with Crippen molar-refractivity contribution in [2.75, 3.05) is 55.6 Å². The fourth-order valence-electron chi connectivity index (χ4n) is 19.7. The second-order valence-corrected chi connectivity index (χ2v) is 41.1. The number of hydrogen-bond donors (Lipinski definition) is 9. The number of aliphatic hydroxyl groups excluding tert-OH is 4. The van der Waals surface area contributed by atoms with Crippen LogP contribution in [-0.4, -0.2) is 329 Å². The number of Topliss-reactive ketones (excluding diaryl/α,β-unsaturated/α-hetero) is 2. The molecule has 6 saturated heterocycles. The zero-order valence-corrected chi connectivity index (χ0v) is 85.4. The summed E-state index contributed by atoms with van der Waals surface area (Å²) < 4.78 is 125. The topological polar surface area (TPSA) is 490 Å². The maximum absolute atomic E-state index is 14.3. The Bertz CT molecular complexity index is 3630. The van der Waals surface area contributed by atoms with E-state index in [0.29, 0.717) is 19.3 Å². The second kappa shape index (κ2) is 53.4. The molecule has 0 aromatic carbocycles. The highest BCUT2D eigenvalue weighted by molar-refractivity contribution is 7.80. The zero-order valence-electron chi connectivity index (χ0n) is 84.6. The van der Waals surface area contributed by atoms with Crippen molar-refractivity contribution >= 4 is 51.8 Å². The van der Waals surface area contributed by atoms with Gasteiger partial charge >= 0.3 is 40.2 Å². The third-order valence-electron chi connectivity index (χ3n) is 28.0. The van der Waals surface area contributed by atoms with Crippen LogP contribution in [0.5, 0.6) is 0 Å². The van der Waals surface area contributed by atoms with Crippen LogP contribution in [0, 0.1) is 47.3 Å². The third-order valence-corrected chi connectivity index (χ3v) is 28.4. The van der Waals surface area contributed by atoms with Gasteiger partial charge in [0.1, 0.15) is 47.2 Å². The number of esters is 5. The summed E-state index contributed by atoms with van der Waals surface area (Å²) in [6.07, 6.45) is -8.96. The highest BCUT2D eigenvalue weighted by Crippen LogP contribution is 2.45. The van der Waals surface area contributed by atoms with Gasteiger partial charge in [0.05, 0.1) is 133 Å². The largest absolute Gasteiger partial charge is 0.466 e. The summed E-state index contributed by atoms with van der Waals surface area (Å²) in [6.45, 7) is 38.2. The summed E-state index contributed by atoms with van der Waals surface area (Å²) in [5.74, 6) is -12.2. The van der Waals surface area contributed by atoms with Crippen LogP contribution in [0.15, 0.2) is 0 Å². The molecule has 132 heavy (non-hydrogen) atoms. The third kappa shape index (κ3) is 33.5. The molecular formula is C95H172N2O34S. The molecule has 6 rings (SSSR count). The van der Waals surface area contributed by atoms with E-state index in [2.05, 4.69) is 11.1 Å². The van der Waals surface area contributed by atoms with Gasteiger partial charge in [-0.15, -0.1) is 0 Å². The van der Waals surface area contributed by atoms with Crippen LogP contribution in [0.3, 0.4) is 0 Å². The molecule has 0 radical (unpaired) electrons. The molecule has 0 amide bonds. The normalized spacial score (nSPS) is 41.0.